The van der Waals surface area contributed by atoms with E-state index >= 15 is 0 Å². The van der Waals surface area contributed by atoms with Crippen molar-refractivity contribution in [2.75, 3.05) is 13.2 Å². The maximum absolute atomic E-state index is 11.1. The summed E-state index contributed by atoms with van der Waals surface area (Å²) in [4.78, 5) is 11.1. The van der Waals surface area contributed by atoms with Crippen molar-refractivity contribution in [3.63, 3.8) is 0 Å². The minimum atomic E-state index is -0.786. The Morgan fingerprint density at radius 1 is 1.35 bits per heavy atom. The van der Waals surface area contributed by atoms with Crippen molar-refractivity contribution >= 4 is 21.9 Å². The third-order valence-electron chi connectivity index (χ3n) is 3.42. The van der Waals surface area contributed by atoms with Crippen molar-refractivity contribution in [2.45, 2.75) is 33.1 Å². The normalized spacial score (nSPS) is 15.2. The predicted molar refractivity (Wildman–Crippen MR) is 79.7 cm³/mol. The lowest BCUT2D eigenvalue weighted by atomic mass is 9.90. The molecule has 4 nitrogen and oxygen atoms in total. The summed E-state index contributed by atoms with van der Waals surface area (Å²) in [7, 11) is 0. The number of hydrogen-bond donors (Lipinski definition) is 1. The molecule has 1 aromatic carbocycles. The third kappa shape index (κ3) is 2.92. The van der Waals surface area contributed by atoms with Gasteiger partial charge in [-0.3, -0.25) is 4.79 Å². The molecule has 0 saturated carbocycles. The second kappa shape index (κ2) is 6.04. The Labute approximate surface area is 127 Å². The summed E-state index contributed by atoms with van der Waals surface area (Å²) in [5.41, 5.74) is 2.10. The first-order valence-corrected chi connectivity index (χ1v) is 7.54. The first-order chi connectivity index (χ1) is 9.41. The average molecular weight is 343 g/mol. The smallest absolute Gasteiger partial charge is 0.306 e. The second-order valence-electron chi connectivity index (χ2n) is 5.39. The van der Waals surface area contributed by atoms with Gasteiger partial charge in [0.15, 0.2) is 11.5 Å². The molecule has 1 N–H and O–H groups in total. The van der Waals surface area contributed by atoms with Gasteiger partial charge in [-0.2, -0.15) is 0 Å². The van der Waals surface area contributed by atoms with Crippen LogP contribution >= 0.6 is 15.9 Å². The standard InChI is InChI=1S/C15H19BrO4/c1-8(2)12-10(6-9(3)15(17)18)7-11-14(13(12)16)20-5-4-19-11/h7-9H,4-6H2,1-3H3,(H,17,18). The van der Waals surface area contributed by atoms with Crippen molar-refractivity contribution in [3.05, 3.63) is 21.7 Å². The largest absolute Gasteiger partial charge is 0.486 e. The van der Waals surface area contributed by atoms with Crippen molar-refractivity contribution in [1.82, 2.24) is 0 Å². The van der Waals surface area contributed by atoms with Crippen LogP contribution in [0.3, 0.4) is 0 Å². The fourth-order valence-electron chi connectivity index (χ4n) is 2.42. The van der Waals surface area contributed by atoms with Gasteiger partial charge in [0.1, 0.15) is 13.2 Å². The quantitative estimate of drug-likeness (QED) is 0.907. The number of fused-ring (bicyclic) bond motifs is 1. The number of halogens is 1. The summed E-state index contributed by atoms with van der Waals surface area (Å²) in [6.45, 7) is 6.95. The lowest BCUT2D eigenvalue weighted by Gasteiger charge is -2.25. The Morgan fingerprint density at radius 3 is 2.60 bits per heavy atom. The molecule has 1 aliphatic heterocycles. The molecule has 2 rings (SSSR count). The number of ether oxygens (including phenoxy) is 2. The number of carboxylic acid groups (broad SMARTS) is 1. The fourth-order valence-corrected chi connectivity index (χ4v) is 3.44. The summed E-state index contributed by atoms with van der Waals surface area (Å²) in [6, 6.07) is 1.92. The molecular weight excluding hydrogens is 324 g/mol. The molecule has 1 aliphatic rings. The molecule has 0 radical (unpaired) electrons. The number of benzene rings is 1. The monoisotopic (exact) mass is 342 g/mol. The lowest BCUT2D eigenvalue weighted by molar-refractivity contribution is -0.141. The third-order valence-corrected chi connectivity index (χ3v) is 4.21. The highest BCUT2D eigenvalue weighted by molar-refractivity contribution is 9.10. The van der Waals surface area contributed by atoms with Crippen molar-refractivity contribution in [1.29, 1.82) is 0 Å². The number of rotatable bonds is 4. The van der Waals surface area contributed by atoms with Crippen LogP contribution in [0.25, 0.3) is 0 Å². The summed E-state index contributed by atoms with van der Waals surface area (Å²) in [6.07, 6.45) is 0.484. The molecule has 110 valence electrons. The zero-order valence-electron chi connectivity index (χ0n) is 11.9. The van der Waals surface area contributed by atoms with Crippen LogP contribution in [0, 0.1) is 5.92 Å². The van der Waals surface area contributed by atoms with Gasteiger partial charge in [0.05, 0.1) is 10.4 Å². The molecule has 0 spiro atoms. The predicted octanol–water partition coefficient (Wildman–Crippen LogP) is 3.61. The zero-order valence-corrected chi connectivity index (χ0v) is 13.5. The van der Waals surface area contributed by atoms with Crippen LogP contribution < -0.4 is 9.47 Å². The molecule has 0 amide bonds. The van der Waals surface area contributed by atoms with E-state index in [0.717, 1.165) is 21.3 Å². The van der Waals surface area contributed by atoms with E-state index in [-0.39, 0.29) is 5.92 Å². The molecule has 0 bridgehead atoms. The summed E-state index contributed by atoms with van der Waals surface area (Å²) >= 11 is 3.59. The fraction of sp³-hybridized carbons (Fsp3) is 0.533. The van der Waals surface area contributed by atoms with Crippen LogP contribution in [0.2, 0.25) is 0 Å². The van der Waals surface area contributed by atoms with Crippen molar-refractivity contribution in [3.8, 4) is 11.5 Å². The molecule has 1 heterocycles. The van der Waals surface area contributed by atoms with Crippen LogP contribution in [-0.2, 0) is 11.2 Å². The van der Waals surface area contributed by atoms with Gasteiger partial charge in [-0.05, 0) is 45.5 Å². The molecule has 0 aromatic heterocycles. The molecule has 0 fully saturated rings. The van der Waals surface area contributed by atoms with Crippen LogP contribution in [0.4, 0.5) is 0 Å². The highest BCUT2D eigenvalue weighted by Gasteiger charge is 2.24. The second-order valence-corrected chi connectivity index (χ2v) is 6.18. The zero-order chi connectivity index (χ0) is 14.9. The number of hydrogen-bond acceptors (Lipinski definition) is 3. The van der Waals surface area contributed by atoms with Crippen LogP contribution in [0.15, 0.2) is 10.5 Å². The topological polar surface area (TPSA) is 55.8 Å². The van der Waals surface area contributed by atoms with Gasteiger partial charge in [0.25, 0.3) is 0 Å². The van der Waals surface area contributed by atoms with E-state index in [1.807, 2.05) is 6.07 Å². The number of aliphatic carboxylic acids is 1. The number of carbonyl (C=O) groups is 1. The van der Waals surface area contributed by atoms with Gasteiger partial charge < -0.3 is 14.6 Å². The van der Waals surface area contributed by atoms with Gasteiger partial charge in [-0.15, -0.1) is 0 Å². The van der Waals surface area contributed by atoms with E-state index in [9.17, 15) is 4.79 Å². The van der Waals surface area contributed by atoms with Gasteiger partial charge in [0, 0.05) is 0 Å². The Morgan fingerprint density at radius 2 is 2.00 bits per heavy atom. The first-order valence-electron chi connectivity index (χ1n) is 6.75. The molecular formula is C15H19BrO4. The van der Waals surface area contributed by atoms with E-state index in [0.29, 0.717) is 25.4 Å². The Hall–Kier alpha value is -1.23. The molecule has 0 saturated heterocycles. The Balaban J connectivity index is 2.48. The molecule has 1 unspecified atom stereocenters. The summed E-state index contributed by atoms with van der Waals surface area (Å²) < 4.78 is 12.2. The van der Waals surface area contributed by atoms with Crippen molar-refractivity contribution < 1.29 is 19.4 Å². The van der Waals surface area contributed by atoms with E-state index in [2.05, 4.69) is 29.8 Å². The van der Waals surface area contributed by atoms with E-state index < -0.39 is 11.9 Å². The molecule has 1 aromatic rings. The highest BCUT2D eigenvalue weighted by atomic mass is 79.9. The highest BCUT2D eigenvalue weighted by Crippen LogP contribution is 2.44. The maximum Gasteiger partial charge on any atom is 0.306 e. The van der Waals surface area contributed by atoms with Crippen molar-refractivity contribution in [2.24, 2.45) is 5.92 Å². The summed E-state index contributed by atoms with van der Waals surface area (Å²) in [5, 5.41) is 9.11. The van der Waals surface area contributed by atoms with E-state index in [1.54, 1.807) is 6.92 Å². The maximum atomic E-state index is 11.1. The molecule has 0 aliphatic carbocycles. The van der Waals surface area contributed by atoms with Gasteiger partial charge >= 0.3 is 5.97 Å². The van der Waals surface area contributed by atoms with Gasteiger partial charge in [-0.25, -0.2) is 0 Å². The SMILES string of the molecule is CC(Cc1cc2c(c(Br)c1C(C)C)OCCO2)C(=O)O. The Kier molecular flexibility index (Phi) is 4.58. The van der Waals surface area contributed by atoms with Crippen LogP contribution in [-0.4, -0.2) is 24.3 Å². The first kappa shape index (κ1) is 15.2. The minimum absolute atomic E-state index is 0.274. The van der Waals surface area contributed by atoms with Crippen LogP contribution in [0.1, 0.15) is 37.8 Å². The van der Waals surface area contributed by atoms with Crippen LogP contribution in [0.5, 0.6) is 11.5 Å². The average Bonchev–Trinajstić information content (AvgIpc) is 2.38. The lowest BCUT2D eigenvalue weighted by Crippen LogP contribution is -2.18. The van der Waals surface area contributed by atoms with Gasteiger partial charge in [-0.1, -0.05) is 20.8 Å². The molecule has 1 atom stereocenters. The van der Waals surface area contributed by atoms with E-state index in [1.165, 1.54) is 0 Å². The Bertz CT molecular complexity index is 525. The molecule has 5 heteroatoms. The summed E-state index contributed by atoms with van der Waals surface area (Å²) in [5.74, 6) is 0.482. The minimum Gasteiger partial charge on any atom is -0.486 e. The molecule has 20 heavy (non-hydrogen) atoms. The van der Waals surface area contributed by atoms with Gasteiger partial charge in [0.2, 0.25) is 0 Å². The van der Waals surface area contributed by atoms with E-state index in [4.69, 9.17) is 14.6 Å². The number of carboxylic acids is 1.